The first-order valence-corrected chi connectivity index (χ1v) is 11.5. The topological polar surface area (TPSA) is 69.0 Å². The summed E-state index contributed by atoms with van der Waals surface area (Å²) in [5.41, 5.74) is 0.932. The van der Waals surface area contributed by atoms with Gasteiger partial charge in [0.2, 0.25) is 5.91 Å². The van der Waals surface area contributed by atoms with Gasteiger partial charge in [-0.2, -0.15) is 13.2 Å². The van der Waals surface area contributed by atoms with E-state index >= 15 is 0 Å². The highest BCUT2D eigenvalue weighted by Crippen LogP contribution is 2.34. The fourth-order valence-electron chi connectivity index (χ4n) is 3.34. The summed E-state index contributed by atoms with van der Waals surface area (Å²) in [6.45, 7) is 9.94. The number of anilines is 1. The number of carbonyl (C=O) groups excluding carboxylic acids is 1. The van der Waals surface area contributed by atoms with E-state index < -0.39 is 23.8 Å². The van der Waals surface area contributed by atoms with Crippen molar-refractivity contribution in [2.24, 2.45) is 0 Å². The number of rotatable bonds is 9. The van der Waals surface area contributed by atoms with Crippen LogP contribution in [0, 0.1) is 13.8 Å². The molecule has 34 heavy (non-hydrogen) atoms. The Morgan fingerprint density at radius 3 is 2.65 bits per heavy atom. The lowest BCUT2D eigenvalue weighted by molar-refractivity contribution is -0.137. The first-order valence-electron chi connectivity index (χ1n) is 10.5. The minimum atomic E-state index is -4.57. The molecule has 1 aromatic heterocycles. The van der Waals surface area contributed by atoms with Gasteiger partial charge < -0.3 is 10.1 Å². The standard InChI is InChI=1S/C24H25F3N4O2S/c1-5-12-31-22(17(4)33-20-11-10-15(2)13-16(20)3)29-30-23(31)34-14-21(32)28-19-9-7-6-8-18(19)24(25,26)27/h5-11,13,17H,1,12,14H2,2-4H3,(H,28,32). The van der Waals surface area contributed by atoms with Gasteiger partial charge in [0, 0.05) is 6.54 Å². The third-order valence-corrected chi connectivity index (χ3v) is 5.86. The van der Waals surface area contributed by atoms with E-state index in [1.165, 1.54) is 18.2 Å². The Hall–Kier alpha value is -3.27. The van der Waals surface area contributed by atoms with Gasteiger partial charge in [0.05, 0.1) is 17.0 Å². The average Bonchev–Trinajstić information content (AvgIpc) is 3.17. The first-order chi connectivity index (χ1) is 16.1. The Morgan fingerprint density at radius 2 is 1.97 bits per heavy atom. The van der Waals surface area contributed by atoms with Crippen molar-refractivity contribution in [2.75, 3.05) is 11.1 Å². The Bertz CT molecular complexity index is 1180. The van der Waals surface area contributed by atoms with Gasteiger partial charge in [0.15, 0.2) is 17.1 Å². The molecule has 180 valence electrons. The SMILES string of the molecule is C=CCn1c(SCC(=O)Nc2ccccc2C(F)(F)F)nnc1C(C)Oc1ccc(C)cc1C. The summed E-state index contributed by atoms with van der Waals surface area (Å²) < 4.78 is 47.4. The molecule has 10 heteroatoms. The highest BCUT2D eigenvalue weighted by molar-refractivity contribution is 7.99. The fourth-order valence-corrected chi connectivity index (χ4v) is 4.09. The molecule has 0 bridgehead atoms. The molecule has 1 N–H and O–H groups in total. The number of hydrogen-bond acceptors (Lipinski definition) is 5. The largest absolute Gasteiger partial charge is 0.482 e. The third-order valence-electron chi connectivity index (χ3n) is 4.89. The molecule has 0 aliphatic rings. The summed E-state index contributed by atoms with van der Waals surface area (Å²) in [7, 11) is 0. The molecule has 3 aromatic rings. The lowest BCUT2D eigenvalue weighted by Gasteiger charge is -2.17. The van der Waals surface area contributed by atoms with Gasteiger partial charge in [0.1, 0.15) is 5.75 Å². The van der Waals surface area contributed by atoms with Crippen LogP contribution in [0.3, 0.4) is 0 Å². The minimum absolute atomic E-state index is 0.145. The zero-order chi connectivity index (χ0) is 24.9. The number of benzene rings is 2. The lowest BCUT2D eigenvalue weighted by atomic mass is 10.1. The summed E-state index contributed by atoms with van der Waals surface area (Å²) in [5.74, 6) is 0.540. The van der Waals surface area contributed by atoms with Crippen LogP contribution < -0.4 is 10.1 Å². The molecule has 2 aromatic carbocycles. The Labute approximate surface area is 200 Å². The number of ether oxygens (including phenoxy) is 1. The summed E-state index contributed by atoms with van der Waals surface area (Å²) in [6.07, 6.45) is -3.33. The highest BCUT2D eigenvalue weighted by Gasteiger charge is 2.33. The number of thioether (sulfide) groups is 1. The molecule has 3 rings (SSSR count). The van der Waals surface area contributed by atoms with E-state index in [1.54, 1.807) is 10.6 Å². The van der Waals surface area contributed by atoms with Gasteiger partial charge in [-0.15, -0.1) is 16.8 Å². The quantitative estimate of drug-likeness (QED) is 0.296. The van der Waals surface area contributed by atoms with E-state index in [0.717, 1.165) is 34.7 Å². The molecule has 1 unspecified atom stereocenters. The van der Waals surface area contributed by atoms with E-state index in [4.69, 9.17) is 4.74 Å². The molecule has 0 saturated carbocycles. The highest BCUT2D eigenvalue weighted by atomic mass is 32.2. The van der Waals surface area contributed by atoms with Crippen LogP contribution in [0.25, 0.3) is 0 Å². The predicted molar refractivity (Wildman–Crippen MR) is 126 cm³/mol. The van der Waals surface area contributed by atoms with Crippen LogP contribution >= 0.6 is 11.8 Å². The number of aryl methyl sites for hydroxylation is 2. The van der Waals surface area contributed by atoms with Crippen LogP contribution in [-0.4, -0.2) is 26.4 Å². The van der Waals surface area contributed by atoms with E-state index in [-0.39, 0.29) is 11.4 Å². The van der Waals surface area contributed by atoms with Crippen LogP contribution in [0.15, 0.2) is 60.3 Å². The van der Waals surface area contributed by atoms with Crippen molar-refractivity contribution in [2.45, 2.75) is 44.8 Å². The van der Waals surface area contributed by atoms with Gasteiger partial charge in [-0.05, 0) is 44.5 Å². The molecule has 0 aliphatic heterocycles. The van der Waals surface area contributed by atoms with Crippen molar-refractivity contribution in [3.63, 3.8) is 0 Å². The maximum atomic E-state index is 13.2. The number of alkyl halides is 3. The van der Waals surface area contributed by atoms with Gasteiger partial charge in [-0.1, -0.05) is 47.7 Å². The van der Waals surface area contributed by atoms with E-state index in [1.807, 2.05) is 39.0 Å². The second kappa shape index (κ2) is 10.8. The number of nitrogens with one attached hydrogen (secondary N) is 1. The summed E-state index contributed by atoms with van der Waals surface area (Å²) >= 11 is 1.07. The molecular weight excluding hydrogens is 465 g/mol. The van der Waals surface area contributed by atoms with Crippen LogP contribution in [0.5, 0.6) is 5.75 Å². The fraction of sp³-hybridized carbons (Fsp3) is 0.292. The van der Waals surface area contributed by atoms with Gasteiger partial charge in [0.25, 0.3) is 0 Å². The van der Waals surface area contributed by atoms with Crippen molar-refractivity contribution in [3.05, 3.63) is 77.6 Å². The van der Waals surface area contributed by atoms with Crippen molar-refractivity contribution in [1.82, 2.24) is 14.8 Å². The van der Waals surface area contributed by atoms with Crippen molar-refractivity contribution >= 4 is 23.4 Å². The summed E-state index contributed by atoms with van der Waals surface area (Å²) in [6, 6.07) is 10.7. The van der Waals surface area contributed by atoms with Crippen molar-refractivity contribution in [3.8, 4) is 5.75 Å². The lowest BCUT2D eigenvalue weighted by Crippen LogP contribution is -2.18. The maximum Gasteiger partial charge on any atom is 0.418 e. The monoisotopic (exact) mass is 490 g/mol. The van der Waals surface area contributed by atoms with Crippen LogP contribution in [0.1, 0.15) is 35.5 Å². The molecular formula is C24H25F3N4O2S. The Morgan fingerprint density at radius 1 is 1.24 bits per heavy atom. The van der Waals surface area contributed by atoms with Crippen LogP contribution in [0.4, 0.5) is 18.9 Å². The zero-order valence-corrected chi connectivity index (χ0v) is 19.8. The number of aromatic nitrogens is 3. The summed E-state index contributed by atoms with van der Waals surface area (Å²) in [4.78, 5) is 12.4. The molecule has 6 nitrogen and oxygen atoms in total. The molecule has 0 saturated heterocycles. The Kier molecular flexibility index (Phi) is 8.03. The number of amides is 1. The van der Waals surface area contributed by atoms with Gasteiger partial charge in [-0.3, -0.25) is 9.36 Å². The minimum Gasteiger partial charge on any atom is -0.482 e. The smallest absolute Gasteiger partial charge is 0.418 e. The second-order valence-electron chi connectivity index (χ2n) is 7.65. The number of halogens is 3. The normalized spacial score (nSPS) is 12.3. The molecule has 1 heterocycles. The first kappa shape index (κ1) is 25.4. The maximum absolute atomic E-state index is 13.2. The van der Waals surface area contributed by atoms with E-state index in [9.17, 15) is 18.0 Å². The van der Waals surface area contributed by atoms with E-state index in [2.05, 4.69) is 22.1 Å². The second-order valence-corrected chi connectivity index (χ2v) is 8.59. The number of allylic oxidation sites excluding steroid dienone is 1. The molecule has 0 aliphatic carbocycles. The van der Waals surface area contributed by atoms with E-state index in [0.29, 0.717) is 17.5 Å². The zero-order valence-electron chi connectivity index (χ0n) is 19.0. The average molecular weight is 491 g/mol. The van der Waals surface area contributed by atoms with Crippen molar-refractivity contribution < 1.29 is 22.7 Å². The summed E-state index contributed by atoms with van der Waals surface area (Å²) in [5, 5.41) is 11.1. The van der Waals surface area contributed by atoms with Crippen molar-refractivity contribution in [1.29, 1.82) is 0 Å². The molecule has 0 spiro atoms. The number of hydrogen-bond donors (Lipinski definition) is 1. The molecule has 1 atom stereocenters. The molecule has 1 amide bonds. The number of nitrogens with zero attached hydrogens (tertiary/aromatic N) is 3. The Balaban J connectivity index is 1.71. The van der Waals surface area contributed by atoms with Gasteiger partial charge in [-0.25, -0.2) is 0 Å². The molecule has 0 fully saturated rings. The molecule has 0 radical (unpaired) electrons. The van der Waals surface area contributed by atoms with Crippen LogP contribution in [0.2, 0.25) is 0 Å². The van der Waals surface area contributed by atoms with Gasteiger partial charge >= 0.3 is 6.18 Å². The number of para-hydroxylation sites is 1. The number of carbonyl (C=O) groups is 1. The predicted octanol–water partition coefficient (Wildman–Crippen LogP) is 5.97. The third kappa shape index (κ3) is 6.19. The van der Waals surface area contributed by atoms with Crippen LogP contribution in [-0.2, 0) is 17.5 Å².